The van der Waals surface area contributed by atoms with Crippen LogP contribution in [0.5, 0.6) is 11.5 Å². The molecule has 3 aliphatic rings. The van der Waals surface area contributed by atoms with Crippen molar-refractivity contribution in [3.05, 3.63) is 42.0 Å². The van der Waals surface area contributed by atoms with Gasteiger partial charge in [-0.05, 0) is 37.0 Å². The van der Waals surface area contributed by atoms with Crippen LogP contribution in [-0.2, 0) is 17.9 Å². The zero-order chi connectivity index (χ0) is 17.5. The van der Waals surface area contributed by atoms with Crippen molar-refractivity contribution in [1.29, 1.82) is 0 Å². The van der Waals surface area contributed by atoms with Crippen molar-refractivity contribution < 1.29 is 14.3 Å². The summed E-state index contributed by atoms with van der Waals surface area (Å²) in [5, 5.41) is 3.18. The van der Waals surface area contributed by atoms with E-state index in [0.29, 0.717) is 12.6 Å². The van der Waals surface area contributed by atoms with Crippen molar-refractivity contribution in [2.45, 2.75) is 44.4 Å². The predicted molar refractivity (Wildman–Crippen MR) is 93.7 cm³/mol. The van der Waals surface area contributed by atoms with Gasteiger partial charge in [-0.3, -0.25) is 9.69 Å². The summed E-state index contributed by atoms with van der Waals surface area (Å²) in [4.78, 5) is 19.3. The van der Waals surface area contributed by atoms with Crippen molar-refractivity contribution in [3.63, 3.8) is 0 Å². The summed E-state index contributed by atoms with van der Waals surface area (Å²) in [5.74, 6) is 1.69. The summed E-state index contributed by atoms with van der Waals surface area (Å²) in [6.45, 7) is 2.50. The van der Waals surface area contributed by atoms with Gasteiger partial charge < -0.3 is 19.4 Å². The summed E-state index contributed by atoms with van der Waals surface area (Å²) >= 11 is 0. The minimum absolute atomic E-state index is 0.101. The van der Waals surface area contributed by atoms with Gasteiger partial charge in [0.25, 0.3) is 0 Å². The Morgan fingerprint density at radius 1 is 1.27 bits per heavy atom. The third-order valence-corrected chi connectivity index (χ3v) is 5.50. The Morgan fingerprint density at radius 3 is 3.00 bits per heavy atom. The molecule has 1 aromatic heterocycles. The Bertz CT molecular complexity index is 830. The number of amides is 1. The van der Waals surface area contributed by atoms with E-state index in [9.17, 15) is 4.79 Å². The third-order valence-electron chi connectivity index (χ3n) is 5.50. The lowest BCUT2D eigenvalue weighted by Crippen LogP contribution is -2.48. The quantitative estimate of drug-likeness (QED) is 0.907. The molecule has 0 bridgehead atoms. The molecule has 1 amide bonds. The maximum atomic E-state index is 12.8. The first-order valence-corrected chi connectivity index (χ1v) is 9.18. The van der Waals surface area contributed by atoms with Crippen LogP contribution in [0.3, 0.4) is 0 Å². The zero-order valence-electron chi connectivity index (χ0n) is 14.6. The van der Waals surface area contributed by atoms with E-state index in [0.717, 1.165) is 48.7 Å². The highest BCUT2D eigenvalue weighted by Gasteiger charge is 2.32. The van der Waals surface area contributed by atoms with Crippen LogP contribution in [0.2, 0.25) is 0 Å². The Balaban J connectivity index is 1.33. The van der Waals surface area contributed by atoms with Crippen LogP contribution in [0, 0.1) is 0 Å². The van der Waals surface area contributed by atoms with E-state index in [1.54, 1.807) is 6.33 Å². The van der Waals surface area contributed by atoms with E-state index in [-0.39, 0.29) is 18.7 Å². The number of nitrogens with zero attached hydrogens (tertiary/aromatic N) is 3. The minimum Gasteiger partial charge on any atom is -0.454 e. The Hall–Kier alpha value is -2.54. The molecule has 1 fully saturated rings. The summed E-state index contributed by atoms with van der Waals surface area (Å²) in [6.07, 6.45) is 7.03. The monoisotopic (exact) mass is 354 g/mol. The summed E-state index contributed by atoms with van der Waals surface area (Å²) in [6, 6.07) is 6.15. The number of carbonyl (C=O) groups excluding carboxylic acids is 1. The van der Waals surface area contributed by atoms with Gasteiger partial charge in [0.05, 0.1) is 12.0 Å². The Morgan fingerprint density at radius 2 is 2.15 bits per heavy atom. The van der Waals surface area contributed by atoms with Gasteiger partial charge in [-0.25, -0.2) is 4.98 Å². The summed E-state index contributed by atoms with van der Waals surface area (Å²) in [7, 11) is 0. The van der Waals surface area contributed by atoms with E-state index in [1.807, 2.05) is 22.9 Å². The van der Waals surface area contributed by atoms with Gasteiger partial charge in [0.2, 0.25) is 12.7 Å². The number of carbonyl (C=O) groups is 1. The predicted octanol–water partition coefficient (Wildman–Crippen LogP) is 1.84. The molecule has 1 atom stereocenters. The molecule has 1 aliphatic carbocycles. The lowest BCUT2D eigenvalue weighted by Gasteiger charge is -2.35. The highest BCUT2D eigenvalue weighted by Crippen LogP contribution is 2.33. The standard InChI is InChI=1S/C19H22N4O3/c24-19(21-14-2-1-3-14)16-10-22(9-15-7-20-11-23(15)16)8-13-4-5-17-18(6-13)26-12-25-17/h4-7,11,14,16H,1-3,8-10,12H2,(H,21,24)/t16-/m1/s1. The fourth-order valence-electron chi connectivity index (χ4n) is 3.84. The van der Waals surface area contributed by atoms with Crippen molar-refractivity contribution in [2.24, 2.45) is 0 Å². The molecule has 2 aliphatic heterocycles. The van der Waals surface area contributed by atoms with Crippen molar-refractivity contribution in [2.75, 3.05) is 13.3 Å². The van der Waals surface area contributed by atoms with Crippen molar-refractivity contribution in [3.8, 4) is 11.5 Å². The average Bonchev–Trinajstić information content (AvgIpc) is 3.25. The van der Waals surface area contributed by atoms with Crippen LogP contribution in [0.25, 0.3) is 0 Å². The number of fused-ring (bicyclic) bond motifs is 2. The molecule has 1 saturated carbocycles. The van der Waals surface area contributed by atoms with Crippen molar-refractivity contribution in [1.82, 2.24) is 19.8 Å². The topological polar surface area (TPSA) is 68.6 Å². The molecule has 3 heterocycles. The SMILES string of the molecule is O=C(NC1CCC1)[C@H]1CN(Cc2ccc3c(c2)OCO3)Cc2cncn21. The number of nitrogens with one attached hydrogen (secondary N) is 1. The van der Waals surface area contributed by atoms with Gasteiger partial charge in [0.15, 0.2) is 11.5 Å². The molecule has 0 radical (unpaired) electrons. The average molecular weight is 354 g/mol. The van der Waals surface area contributed by atoms with E-state index in [4.69, 9.17) is 9.47 Å². The molecule has 1 aromatic carbocycles. The first-order chi connectivity index (χ1) is 12.8. The number of hydrogen-bond acceptors (Lipinski definition) is 5. The third kappa shape index (κ3) is 2.82. The van der Waals surface area contributed by atoms with Crippen LogP contribution < -0.4 is 14.8 Å². The number of benzene rings is 1. The lowest BCUT2D eigenvalue weighted by molar-refractivity contribution is -0.127. The van der Waals surface area contributed by atoms with Gasteiger partial charge >= 0.3 is 0 Å². The van der Waals surface area contributed by atoms with E-state index in [2.05, 4.69) is 21.3 Å². The molecule has 2 aromatic rings. The fraction of sp³-hybridized carbons (Fsp3) is 0.474. The fourth-order valence-corrected chi connectivity index (χ4v) is 3.84. The minimum atomic E-state index is -0.226. The molecule has 7 nitrogen and oxygen atoms in total. The normalized spacial score (nSPS) is 21.9. The Labute approximate surface area is 151 Å². The number of imidazole rings is 1. The molecule has 26 heavy (non-hydrogen) atoms. The Kier molecular flexibility index (Phi) is 3.81. The zero-order valence-corrected chi connectivity index (χ0v) is 14.6. The van der Waals surface area contributed by atoms with Gasteiger partial charge in [-0.15, -0.1) is 0 Å². The van der Waals surface area contributed by atoms with Crippen LogP contribution >= 0.6 is 0 Å². The molecular formula is C19H22N4O3. The molecule has 0 spiro atoms. The second kappa shape index (κ2) is 6.32. The molecule has 7 heteroatoms. The first-order valence-electron chi connectivity index (χ1n) is 9.18. The number of rotatable bonds is 4. The van der Waals surface area contributed by atoms with Gasteiger partial charge in [0, 0.05) is 31.9 Å². The van der Waals surface area contributed by atoms with E-state index in [1.165, 1.54) is 6.42 Å². The number of hydrogen-bond donors (Lipinski definition) is 1. The largest absolute Gasteiger partial charge is 0.454 e. The van der Waals surface area contributed by atoms with Crippen LogP contribution in [0.1, 0.15) is 36.6 Å². The maximum absolute atomic E-state index is 12.8. The number of ether oxygens (including phenoxy) is 2. The molecule has 5 rings (SSSR count). The van der Waals surface area contributed by atoms with E-state index < -0.39 is 0 Å². The highest BCUT2D eigenvalue weighted by atomic mass is 16.7. The molecular weight excluding hydrogens is 332 g/mol. The summed E-state index contributed by atoms with van der Waals surface area (Å²) < 4.78 is 12.9. The van der Waals surface area contributed by atoms with Gasteiger partial charge in [-0.1, -0.05) is 6.07 Å². The summed E-state index contributed by atoms with van der Waals surface area (Å²) in [5.41, 5.74) is 2.23. The van der Waals surface area contributed by atoms with Crippen LogP contribution in [-0.4, -0.2) is 39.7 Å². The number of aromatic nitrogens is 2. The molecule has 0 saturated heterocycles. The first kappa shape index (κ1) is 15.7. The van der Waals surface area contributed by atoms with Crippen molar-refractivity contribution >= 4 is 5.91 Å². The molecule has 0 unspecified atom stereocenters. The second-order valence-corrected chi connectivity index (χ2v) is 7.30. The lowest BCUT2D eigenvalue weighted by atomic mass is 9.93. The second-order valence-electron chi connectivity index (χ2n) is 7.30. The molecule has 1 N–H and O–H groups in total. The van der Waals surface area contributed by atoms with Gasteiger partial charge in [-0.2, -0.15) is 0 Å². The highest BCUT2D eigenvalue weighted by molar-refractivity contribution is 5.81. The van der Waals surface area contributed by atoms with E-state index >= 15 is 0 Å². The van der Waals surface area contributed by atoms with Gasteiger partial charge in [0.1, 0.15) is 6.04 Å². The van der Waals surface area contributed by atoms with Crippen LogP contribution in [0.4, 0.5) is 0 Å². The van der Waals surface area contributed by atoms with Crippen LogP contribution in [0.15, 0.2) is 30.7 Å². The maximum Gasteiger partial charge on any atom is 0.244 e. The smallest absolute Gasteiger partial charge is 0.244 e. The molecule has 136 valence electrons.